The van der Waals surface area contributed by atoms with Gasteiger partial charge in [0.2, 0.25) is 0 Å². The predicted molar refractivity (Wildman–Crippen MR) is 66.6 cm³/mol. The summed E-state index contributed by atoms with van der Waals surface area (Å²) in [6.45, 7) is 8.56. The first-order valence-corrected chi connectivity index (χ1v) is 8.24. The average molecular weight is 335 g/mol. The van der Waals surface area contributed by atoms with E-state index in [1.807, 2.05) is 0 Å². The van der Waals surface area contributed by atoms with Crippen molar-refractivity contribution in [2.45, 2.75) is 26.7 Å². The third-order valence-corrected chi connectivity index (χ3v) is 2.87. The van der Waals surface area contributed by atoms with E-state index in [-0.39, 0.29) is 0 Å². The predicted octanol–water partition coefficient (Wildman–Crippen LogP) is 5.11. The molecule has 2 nitrogen and oxygen atoms in total. The summed E-state index contributed by atoms with van der Waals surface area (Å²) in [6.07, 6.45) is 2.58. The molecule has 1 rings (SSSR count). The number of amidine groups is 1. The molecular weight excluding hydrogens is 317 g/mol. The second-order valence-electron chi connectivity index (χ2n) is 4.09. The van der Waals surface area contributed by atoms with Crippen LogP contribution in [0.4, 0.5) is 25.2 Å². The van der Waals surface area contributed by atoms with E-state index in [9.17, 15) is 25.2 Å². The molecule has 0 amide bonds. The Balaban J connectivity index is 0.000000399. The molecule has 1 fully saturated rings. The van der Waals surface area contributed by atoms with E-state index in [0.717, 1.165) is 31.5 Å². The van der Waals surface area contributed by atoms with Crippen molar-refractivity contribution in [3.05, 3.63) is 0 Å². The van der Waals surface area contributed by atoms with Gasteiger partial charge in [0.15, 0.2) is 0 Å². The van der Waals surface area contributed by atoms with Gasteiger partial charge in [0, 0.05) is 11.6 Å². The second-order valence-corrected chi connectivity index (χ2v) is 6.35. The molecule has 0 aliphatic carbocycles. The van der Waals surface area contributed by atoms with E-state index >= 15 is 0 Å². The molecule has 118 valence electrons. The standard InChI is InChI=1S/C9H18ClN2.F6P/c1-3-11(4-2)9(10)12-7-5-6-8-12;1-7(2,3,4,5)6/h3-8H2,1-2H3;/q+1;-1. The minimum absolute atomic E-state index is 0.942. The van der Waals surface area contributed by atoms with Crippen molar-refractivity contribution in [2.75, 3.05) is 26.2 Å². The topological polar surface area (TPSA) is 6.25 Å². The molecule has 0 spiro atoms. The summed E-state index contributed by atoms with van der Waals surface area (Å²) in [5.41, 5.74) is 0. The minimum atomic E-state index is -10.7. The summed E-state index contributed by atoms with van der Waals surface area (Å²) in [5.74, 6) is 0. The van der Waals surface area contributed by atoms with Crippen LogP contribution in [0, 0.1) is 0 Å². The Morgan fingerprint density at radius 2 is 1.32 bits per heavy atom. The zero-order valence-electron chi connectivity index (χ0n) is 10.7. The van der Waals surface area contributed by atoms with Gasteiger partial charge >= 0.3 is 38.3 Å². The maximum absolute atomic E-state index is 10.7. The number of hydrogen-bond acceptors (Lipinski definition) is 0. The summed E-state index contributed by atoms with van der Waals surface area (Å²) >= 11 is 6.22. The quantitative estimate of drug-likeness (QED) is 0.223. The Morgan fingerprint density at radius 1 is 1.00 bits per heavy atom. The van der Waals surface area contributed by atoms with Gasteiger partial charge in [-0.25, -0.2) is 0 Å². The molecule has 0 saturated carbocycles. The maximum atomic E-state index is 9.87. The summed E-state index contributed by atoms with van der Waals surface area (Å²) in [6, 6.07) is 0. The zero-order chi connectivity index (χ0) is 15.4. The van der Waals surface area contributed by atoms with Gasteiger partial charge in [0.1, 0.15) is 0 Å². The SMILES string of the molecule is CCN(CC)C(Cl)=[N+]1CCCC1.F[P-](F)(F)(F)(F)F. The zero-order valence-corrected chi connectivity index (χ0v) is 12.4. The second kappa shape index (κ2) is 5.64. The Labute approximate surface area is 113 Å². The summed E-state index contributed by atoms with van der Waals surface area (Å²) in [7, 11) is -10.7. The van der Waals surface area contributed by atoms with E-state index < -0.39 is 7.81 Å². The normalized spacial score (nSPS) is 19.1. The van der Waals surface area contributed by atoms with E-state index in [1.54, 1.807) is 0 Å². The molecule has 0 bridgehead atoms. The fourth-order valence-corrected chi connectivity index (χ4v) is 1.99. The Morgan fingerprint density at radius 3 is 1.58 bits per heavy atom. The van der Waals surface area contributed by atoms with Crippen LogP contribution in [0.2, 0.25) is 0 Å². The van der Waals surface area contributed by atoms with Gasteiger partial charge in [-0.2, -0.15) is 0 Å². The van der Waals surface area contributed by atoms with Crippen LogP contribution in [0.15, 0.2) is 0 Å². The molecule has 0 N–H and O–H groups in total. The van der Waals surface area contributed by atoms with Crippen molar-refractivity contribution in [1.82, 2.24) is 4.90 Å². The van der Waals surface area contributed by atoms with E-state index in [0.29, 0.717) is 0 Å². The molecule has 0 radical (unpaired) electrons. The van der Waals surface area contributed by atoms with Crippen LogP contribution >= 0.6 is 19.4 Å². The summed E-state index contributed by atoms with van der Waals surface area (Å²) in [5, 5.41) is 0.942. The molecule has 1 saturated heterocycles. The molecule has 1 aliphatic rings. The van der Waals surface area contributed by atoms with Crippen LogP contribution in [0.1, 0.15) is 26.7 Å². The van der Waals surface area contributed by atoms with E-state index in [1.165, 1.54) is 12.8 Å². The Kier molecular flexibility index (Phi) is 5.57. The van der Waals surface area contributed by atoms with Crippen molar-refractivity contribution in [1.29, 1.82) is 0 Å². The van der Waals surface area contributed by atoms with Crippen LogP contribution in [0.5, 0.6) is 0 Å². The summed E-state index contributed by atoms with van der Waals surface area (Å²) < 4.78 is 61.5. The van der Waals surface area contributed by atoms with Gasteiger partial charge in [-0.1, -0.05) is 0 Å². The Hall–Kier alpha value is -0.230. The van der Waals surface area contributed by atoms with Crippen molar-refractivity contribution in [3.63, 3.8) is 0 Å². The molecule has 1 heterocycles. The molecule has 19 heavy (non-hydrogen) atoms. The molecular formula is C9H18ClF6N2P. The molecule has 0 aromatic rings. The molecule has 0 unspecified atom stereocenters. The van der Waals surface area contributed by atoms with E-state index in [4.69, 9.17) is 11.6 Å². The fourth-order valence-electron chi connectivity index (χ4n) is 1.59. The first kappa shape index (κ1) is 18.8. The molecule has 1 aliphatic heterocycles. The fraction of sp³-hybridized carbons (Fsp3) is 0.889. The van der Waals surface area contributed by atoms with E-state index in [2.05, 4.69) is 23.3 Å². The Bertz CT molecular complexity index is 315. The van der Waals surface area contributed by atoms with Gasteiger partial charge in [0.25, 0.3) is 0 Å². The van der Waals surface area contributed by atoms with Crippen LogP contribution in [-0.4, -0.2) is 40.9 Å². The van der Waals surface area contributed by atoms with Crippen molar-refractivity contribution >= 4 is 24.7 Å². The van der Waals surface area contributed by atoms with Gasteiger partial charge in [-0.05, 0) is 26.7 Å². The average Bonchev–Trinajstić information content (AvgIpc) is 2.67. The molecule has 0 aromatic carbocycles. The van der Waals surface area contributed by atoms with Gasteiger partial charge in [-0.15, -0.1) is 0 Å². The molecule has 0 atom stereocenters. The van der Waals surface area contributed by atoms with Crippen LogP contribution < -0.4 is 0 Å². The molecule has 10 heteroatoms. The number of halogens is 7. The molecule has 0 aromatic heterocycles. The van der Waals surface area contributed by atoms with Crippen molar-refractivity contribution in [3.8, 4) is 0 Å². The first-order valence-electron chi connectivity index (χ1n) is 5.83. The van der Waals surface area contributed by atoms with Crippen LogP contribution in [0.3, 0.4) is 0 Å². The third-order valence-electron chi connectivity index (χ3n) is 2.39. The van der Waals surface area contributed by atoms with Gasteiger partial charge in [0.05, 0.1) is 26.2 Å². The number of rotatable bonds is 2. The first-order chi connectivity index (χ1) is 8.24. The number of hydrogen-bond donors (Lipinski definition) is 0. The third kappa shape index (κ3) is 12.5. The van der Waals surface area contributed by atoms with Gasteiger partial charge < -0.3 is 0 Å². The van der Waals surface area contributed by atoms with Crippen LogP contribution in [0.25, 0.3) is 0 Å². The van der Waals surface area contributed by atoms with Crippen molar-refractivity contribution in [2.24, 2.45) is 0 Å². The number of nitrogens with zero attached hydrogens (tertiary/aromatic N) is 2. The monoisotopic (exact) mass is 334 g/mol. The van der Waals surface area contributed by atoms with Gasteiger partial charge in [-0.3, -0.25) is 9.48 Å². The van der Waals surface area contributed by atoms with Crippen molar-refractivity contribution < 1.29 is 29.8 Å². The summed E-state index contributed by atoms with van der Waals surface area (Å²) in [4.78, 5) is 2.20. The van der Waals surface area contributed by atoms with Crippen LogP contribution in [-0.2, 0) is 0 Å².